The fourth-order valence-corrected chi connectivity index (χ4v) is 0.924. The zero-order chi connectivity index (χ0) is 12.2. The van der Waals surface area contributed by atoms with Crippen LogP contribution >= 0.6 is 0 Å². The summed E-state index contributed by atoms with van der Waals surface area (Å²) in [5, 5.41) is 2.30. The molecule has 0 aliphatic heterocycles. The molecule has 1 heterocycles. The van der Waals surface area contributed by atoms with E-state index >= 15 is 0 Å². The smallest absolute Gasteiger partial charge is 0.364 e. The second-order valence-electron chi connectivity index (χ2n) is 2.87. The van der Waals surface area contributed by atoms with E-state index < -0.39 is 17.6 Å². The summed E-state index contributed by atoms with van der Waals surface area (Å²) in [5.41, 5.74) is -0.985. The van der Waals surface area contributed by atoms with Gasteiger partial charge in [0.1, 0.15) is 12.4 Å². The van der Waals surface area contributed by atoms with Crippen molar-refractivity contribution in [3.63, 3.8) is 0 Å². The summed E-state index contributed by atoms with van der Waals surface area (Å²) in [6.07, 6.45) is -3.84. The summed E-state index contributed by atoms with van der Waals surface area (Å²) in [4.78, 5) is 14.6. The average Bonchev–Trinajstić information content (AvgIpc) is 2.25. The molecule has 0 aliphatic carbocycles. The van der Waals surface area contributed by atoms with Crippen molar-refractivity contribution in [2.45, 2.75) is 6.18 Å². The Kier molecular flexibility index (Phi) is 3.83. The molecule has 1 aromatic rings. The quantitative estimate of drug-likeness (QED) is 0.805. The monoisotopic (exact) mass is 234 g/mol. The summed E-state index contributed by atoms with van der Waals surface area (Å²) in [6, 6.07) is 1.81. The number of alkyl halides is 3. The molecule has 1 rings (SSSR count). The Morgan fingerprint density at radius 3 is 2.62 bits per heavy atom. The molecule has 0 atom stereocenters. The second-order valence-corrected chi connectivity index (χ2v) is 2.87. The molecule has 4 nitrogen and oxygen atoms in total. The highest BCUT2D eigenvalue weighted by Gasteiger charge is 2.30. The number of carbonyl (C=O) groups excluding carboxylic acids is 1. The van der Waals surface area contributed by atoms with Crippen molar-refractivity contribution < 1.29 is 22.7 Å². The molecule has 88 valence electrons. The Balaban J connectivity index is 2.75. The van der Waals surface area contributed by atoms with Gasteiger partial charge in [-0.05, 0) is 12.1 Å². The van der Waals surface area contributed by atoms with Gasteiger partial charge < -0.3 is 10.1 Å². The Labute approximate surface area is 89.4 Å². The minimum Gasteiger partial charge on any atom is -0.364 e. The molecule has 16 heavy (non-hydrogen) atoms. The van der Waals surface area contributed by atoms with Crippen LogP contribution in [0.1, 0.15) is 16.1 Å². The third-order valence-corrected chi connectivity index (χ3v) is 1.70. The van der Waals surface area contributed by atoms with Gasteiger partial charge in [0.2, 0.25) is 0 Å². The molecule has 0 saturated carbocycles. The van der Waals surface area contributed by atoms with Crippen molar-refractivity contribution >= 4 is 5.91 Å². The SMILES string of the molecule is COCNC(=O)c1ccc(C(F)(F)F)cn1. The average molecular weight is 234 g/mol. The van der Waals surface area contributed by atoms with E-state index in [9.17, 15) is 18.0 Å². The molecule has 1 amide bonds. The zero-order valence-corrected chi connectivity index (χ0v) is 8.34. The standard InChI is InChI=1S/C9H9F3N2O2/c1-16-5-14-8(15)7-3-2-6(4-13-7)9(10,11)12/h2-4H,5H2,1H3,(H,14,15). The lowest BCUT2D eigenvalue weighted by Gasteiger charge is -2.07. The van der Waals surface area contributed by atoms with Crippen LogP contribution in [0.3, 0.4) is 0 Å². The van der Waals surface area contributed by atoms with Crippen molar-refractivity contribution in [1.82, 2.24) is 10.3 Å². The van der Waals surface area contributed by atoms with Gasteiger partial charge in [0.25, 0.3) is 5.91 Å². The maximum Gasteiger partial charge on any atom is 0.417 e. The lowest BCUT2D eigenvalue weighted by molar-refractivity contribution is -0.137. The van der Waals surface area contributed by atoms with E-state index in [1.807, 2.05) is 0 Å². The summed E-state index contributed by atoms with van der Waals surface area (Å²) in [7, 11) is 1.38. The van der Waals surface area contributed by atoms with E-state index in [1.54, 1.807) is 0 Å². The number of nitrogens with zero attached hydrogens (tertiary/aromatic N) is 1. The number of amides is 1. The lowest BCUT2D eigenvalue weighted by atomic mass is 10.2. The first kappa shape index (κ1) is 12.4. The van der Waals surface area contributed by atoms with E-state index in [0.29, 0.717) is 6.20 Å². The van der Waals surface area contributed by atoms with Crippen molar-refractivity contribution in [2.75, 3.05) is 13.8 Å². The molecular formula is C9H9F3N2O2. The highest BCUT2D eigenvalue weighted by atomic mass is 19.4. The fraction of sp³-hybridized carbons (Fsp3) is 0.333. The molecule has 0 spiro atoms. The molecule has 7 heteroatoms. The number of halogens is 3. The van der Waals surface area contributed by atoms with E-state index in [-0.39, 0.29) is 12.4 Å². The van der Waals surface area contributed by atoms with Gasteiger partial charge in [0.05, 0.1) is 5.56 Å². The van der Waals surface area contributed by atoms with Crippen LogP contribution in [0.5, 0.6) is 0 Å². The van der Waals surface area contributed by atoms with E-state index in [4.69, 9.17) is 0 Å². The first-order valence-electron chi connectivity index (χ1n) is 4.25. The van der Waals surface area contributed by atoms with Crippen molar-refractivity contribution in [1.29, 1.82) is 0 Å². The first-order chi connectivity index (χ1) is 7.45. The predicted octanol–water partition coefficient (Wildman–Crippen LogP) is 1.43. The Morgan fingerprint density at radius 1 is 1.50 bits per heavy atom. The summed E-state index contributed by atoms with van der Waals surface area (Å²) >= 11 is 0. The number of rotatable bonds is 3. The van der Waals surface area contributed by atoms with Gasteiger partial charge in [-0.3, -0.25) is 9.78 Å². The van der Waals surface area contributed by atoms with Gasteiger partial charge in [-0.25, -0.2) is 0 Å². The van der Waals surface area contributed by atoms with Crippen LogP contribution in [0.2, 0.25) is 0 Å². The van der Waals surface area contributed by atoms with Gasteiger partial charge in [0, 0.05) is 13.3 Å². The maximum absolute atomic E-state index is 12.2. The van der Waals surface area contributed by atoms with Gasteiger partial charge in [-0.1, -0.05) is 0 Å². The lowest BCUT2D eigenvalue weighted by Crippen LogP contribution is -2.26. The predicted molar refractivity (Wildman–Crippen MR) is 48.6 cm³/mol. The largest absolute Gasteiger partial charge is 0.417 e. The van der Waals surface area contributed by atoms with Crippen molar-refractivity contribution in [3.8, 4) is 0 Å². The van der Waals surface area contributed by atoms with Crippen molar-refractivity contribution in [3.05, 3.63) is 29.6 Å². The maximum atomic E-state index is 12.2. The van der Waals surface area contributed by atoms with Crippen LogP contribution < -0.4 is 5.32 Å². The van der Waals surface area contributed by atoms with Crippen LogP contribution in [-0.4, -0.2) is 24.7 Å². The third kappa shape index (κ3) is 3.20. The molecule has 0 unspecified atom stereocenters. The number of aromatic nitrogens is 1. The number of hydrogen-bond donors (Lipinski definition) is 1. The molecule has 0 bridgehead atoms. The number of methoxy groups -OCH3 is 1. The highest BCUT2D eigenvalue weighted by molar-refractivity contribution is 5.92. The van der Waals surface area contributed by atoms with E-state index in [0.717, 1.165) is 12.1 Å². The van der Waals surface area contributed by atoms with Gasteiger partial charge >= 0.3 is 6.18 Å². The molecule has 0 fully saturated rings. The molecule has 0 saturated heterocycles. The number of ether oxygens (including phenoxy) is 1. The molecule has 0 aliphatic rings. The van der Waals surface area contributed by atoms with E-state index in [2.05, 4.69) is 15.0 Å². The number of hydrogen-bond acceptors (Lipinski definition) is 3. The summed E-state index contributed by atoms with van der Waals surface area (Å²) in [6.45, 7) is -0.0263. The molecule has 1 aromatic heterocycles. The number of pyridine rings is 1. The van der Waals surface area contributed by atoms with Crippen LogP contribution in [0.15, 0.2) is 18.3 Å². The minimum absolute atomic E-state index is 0.0263. The normalized spacial score (nSPS) is 11.2. The van der Waals surface area contributed by atoms with Crippen molar-refractivity contribution in [2.24, 2.45) is 0 Å². The van der Waals surface area contributed by atoms with Crippen LogP contribution in [0, 0.1) is 0 Å². The van der Waals surface area contributed by atoms with E-state index in [1.165, 1.54) is 7.11 Å². The van der Waals surface area contributed by atoms with Gasteiger partial charge in [-0.15, -0.1) is 0 Å². The third-order valence-electron chi connectivity index (χ3n) is 1.70. The zero-order valence-electron chi connectivity index (χ0n) is 8.34. The topological polar surface area (TPSA) is 51.2 Å². The fourth-order valence-electron chi connectivity index (χ4n) is 0.924. The number of carbonyl (C=O) groups is 1. The Bertz CT molecular complexity index is 362. The molecular weight excluding hydrogens is 225 g/mol. The van der Waals surface area contributed by atoms with Gasteiger partial charge in [-0.2, -0.15) is 13.2 Å². The van der Waals surface area contributed by atoms with Gasteiger partial charge in [0.15, 0.2) is 0 Å². The molecule has 0 radical (unpaired) electrons. The first-order valence-corrected chi connectivity index (χ1v) is 4.25. The molecule has 1 N–H and O–H groups in total. The summed E-state index contributed by atoms with van der Waals surface area (Å²) in [5.74, 6) is -0.587. The molecule has 0 aromatic carbocycles. The minimum atomic E-state index is -4.45. The van der Waals surface area contributed by atoms with Crippen LogP contribution in [-0.2, 0) is 10.9 Å². The van der Waals surface area contributed by atoms with Crippen LogP contribution in [0.4, 0.5) is 13.2 Å². The Hall–Kier alpha value is -1.63. The number of nitrogens with one attached hydrogen (secondary N) is 1. The summed E-state index contributed by atoms with van der Waals surface area (Å²) < 4.78 is 41.1. The highest BCUT2D eigenvalue weighted by Crippen LogP contribution is 2.28. The Morgan fingerprint density at radius 2 is 2.19 bits per heavy atom. The second kappa shape index (κ2) is 4.93. The van der Waals surface area contributed by atoms with Crippen LogP contribution in [0.25, 0.3) is 0 Å².